The Balaban J connectivity index is 1.89. The van der Waals surface area contributed by atoms with Crippen LogP contribution in [0.4, 0.5) is 11.4 Å². The van der Waals surface area contributed by atoms with Crippen molar-refractivity contribution in [2.24, 2.45) is 17.3 Å². The van der Waals surface area contributed by atoms with Crippen LogP contribution in [0.2, 0.25) is 0 Å². The zero-order valence-electron chi connectivity index (χ0n) is 16.9. The van der Waals surface area contributed by atoms with Gasteiger partial charge in [-0.1, -0.05) is 18.6 Å². The van der Waals surface area contributed by atoms with E-state index < -0.39 is 0 Å². The Morgan fingerprint density at radius 3 is 2.54 bits per heavy atom. The molecule has 2 aromatic rings. The van der Waals surface area contributed by atoms with Gasteiger partial charge in [-0.05, 0) is 50.2 Å². The third-order valence-corrected chi connectivity index (χ3v) is 4.42. The zero-order chi connectivity index (χ0) is 20.4. The molecule has 0 aliphatic carbocycles. The molecule has 1 aromatic carbocycles. The number of amides is 1. The average molecular weight is 383 g/mol. The molecule has 2 rings (SSSR count). The van der Waals surface area contributed by atoms with Gasteiger partial charge in [-0.2, -0.15) is 10.2 Å². The first-order valence-corrected chi connectivity index (χ1v) is 9.56. The predicted octanol–water partition coefficient (Wildman–Crippen LogP) is 3.88. The highest BCUT2D eigenvalue weighted by atomic mass is 16.1. The Kier molecular flexibility index (Phi) is 8.55. The van der Waals surface area contributed by atoms with Gasteiger partial charge in [0, 0.05) is 33.1 Å². The van der Waals surface area contributed by atoms with Crippen LogP contribution < -0.4 is 10.6 Å². The molecule has 0 aliphatic rings. The lowest BCUT2D eigenvalue weighted by Gasteiger charge is -2.03. The molecular weight excluding hydrogens is 354 g/mol. The number of hydrogen-bond donors (Lipinski definition) is 2. The molecule has 0 radical (unpaired) electrons. The fourth-order valence-corrected chi connectivity index (χ4v) is 2.97. The van der Waals surface area contributed by atoms with E-state index in [4.69, 9.17) is 0 Å². The van der Waals surface area contributed by atoms with Gasteiger partial charge in [0.1, 0.15) is 0 Å². The Morgan fingerprint density at radius 2 is 1.86 bits per heavy atom. The van der Waals surface area contributed by atoms with Gasteiger partial charge in [0.05, 0.1) is 17.1 Å². The minimum absolute atomic E-state index is 0.0000626. The van der Waals surface area contributed by atoms with Crippen LogP contribution in [0.5, 0.6) is 0 Å². The number of rotatable bonds is 11. The van der Waals surface area contributed by atoms with E-state index in [9.17, 15) is 9.59 Å². The predicted molar refractivity (Wildman–Crippen MR) is 111 cm³/mol. The monoisotopic (exact) mass is 383 g/mol. The standard InChI is InChI=1S/C21H29N5O2/c1-22-12-6-4-5-7-21(28)24-18-14-19(26(3)15-18)20(27)13-16-8-10-17(11-9-16)25-23-2/h8-11,14-15,22H,4-7,12-13H2,1-3H3,(H,24,28). The quantitative estimate of drug-likeness (QED) is 0.351. The van der Waals surface area contributed by atoms with Crippen molar-refractivity contribution in [2.75, 3.05) is 26.0 Å². The van der Waals surface area contributed by atoms with E-state index in [1.54, 1.807) is 23.9 Å². The molecule has 1 amide bonds. The van der Waals surface area contributed by atoms with Crippen LogP contribution in [0.15, 0.2) is 46.8 Å². The molecule has 0 atom stereocenters. The van der Waals surface area contributed by atoms with Crippen molar-refractivity contribution in [3.63, 3.8) is 0 Å². The van der Waals surface area contributed by atoms with Crippen LogP contribution in [-0.4, -0.2) is 36.9 Å². The van der Waals surface area contributed by atoms with Crippen molar-refractivity contribution in [2.45, 2.75) is 32.1 Å². The second-order valence-corrected chi connectivity index (χ2v) is 6.75. The maximum Gasteiger partial charge on any atom is 0.224 e. The van der Waals surface area contributed by atoms with Gasteiger partial charge in [0.25, 0.3) is 0 Å². The average Bonchev–Trinajstić information content (AvgIpc) is 3.03. The summed E-state index contributed by atoms with van der Waals surface area (Å²) >= 11 is 0. The first-order valence-electron chi connectivity index (χ1n) is 9.56. The number of ketones is 1. The topological polar surface area (TPSA) is 87.8 Å². The minimum atomic E-state index is -0.0188. The summed E-state index contributed by atoms with van der Waals surface area (Å²) in [6.07, 6.45) is 5.50. The molecule has 0 unspecified atom stereocenters. The number of carbonyl (C=O) groups is 2. The van der Waals surface area contributed by atoms with Gasteiger partial charge in [0.15, 0.2) is 5.78 Å². The Bertz CT molecular complexity index is 809. The molecule has 0 fully saturated rings. The van der Waals surface area contributed by atoms with Gasteiger partial charge in [-0.3, -0.25) is 9.59 Å². The number of hydrogen-bond acceptors (Lipinski definition) is 5. The van der Waals surface area contributed by atoms with E-state index in [1.807, 2.05) is 38.4 Å². The van der Waals surface area contributed by atoms with Crippen LogP contribution in [0.1, 0.15) is 41.7 Å². The van der Waals surface area contributed by atoms with Crippen LogP contribution in [0.3, 0.4) is 0 Å². The molecule has 2 N–H and O–H groups in total. The van der Waals surface area contributed by atoms with Crippen molar-refractivity contribution in [1.29, 1.82) is 0 Å². The first-order chi connectivity index (χ1) is 13.5. The van der Waals surface area contributed by atoms with Crippen LogP contribution in [0.25, 0.3) is 0 Å². The first kappa shape index (κ1) is 21.5. The van der Waals surface area contributed by atoms with Crippen molar-refractivity contribution in [3.8, 4) is 0 Å². The Morgan fingerprint density at radius 1 is 1.11 bits per heavy atom. The normalized spacial score (nSPS) is 11.1. The van der Waals surface area contributed by atoms with Gasteiger partial charge < -0.3 is 15.2 Å². The number of anilines is 1. The van der Waals surface area contributed by atoms with Crippen molar-refractivity contribution < 1.29 is 9.59 Å². The summed E-state index contributed by atoms with van der Waals surface area (Å²) in [7, 11) is 5.35. The third kappa shape index (κ3) is 6.74. The molecule has 0 bridgehead atoms. The summed E-state index contributed by atoms with van der Waals surface area (Å²) in [4.78, 5) is 24.7. The van der Waals surface area contributed by atoms with Crippen LogP contribution >= 0.6 is 0 Å². The smallest absolute Gasteiger partial charge is 0.224 e. The minimum Gasteiger partial charge on any atom is -0.346 e. The van der Waals surface area contributed by atoms with E-state index in [1.165, 1.54) is 0 Å². The molecule has 0 aliphatic heterocycles. The van der Waals surface area contributed by atoms with Gasteiger partial charge in [0.2, 0.25) is 5.91 Å². The Hall–Kier alpha value is -2.80. The second-order valence-electron chi connectivity index (χ2n) is 6.75. The molecule has 7 nitrogen and oxygen atoms in total. The highest BCUT2D eigenvalue weighted by Gasteiger charge is 2.14. The number of nitrogens with zero attached hydrogens (tertiary/aromatic N) is 3. The van der Waals surface area contributed by atoms with E-state index in [0.717, 1.165) is 37.1 Å². The lowest BCUT2D eigenvalue weighted by atomic mass is 10.1. The fraction of sp³-hybridized carbons (Fsp3) is 0.429. The summed E-state index contributed by atoms with van der Waals surface area (Å²) < 4.78 is 1.75. The summed E-state index contributed by atoms with van der Waals surface area (Å²) in [5, 5.41) is 13.7. The molecule has 0 saturated carbocycles. The lowest BCUT2D eigenvalue weighted by molar-refractivity contribution is -0.116. The molecule has 150 valence electrons. The van der Waals surface area contributed by atoms with E-state index in [2.05, 4.69) is 20.9 Å². The number of azo groups is 1. The molecule has 0 spiro atoms. The number of unbranched alkanes of at least 4 members (excludes halogenated alkanes) is 2. The highest BCUT2D eigenvalue weighted by molar-refractivity contribution is 5.98. The van der Waals surface area contributed by atoms with Crippen LogP contribution in [0, 0.1) is 0 Å². The summed E-state index contributed by atoms with van der Waals surface area (Å²) in [6.45, 7) is 0.969. The highest BCUT2D eigenvalue weighted by Crippen LogP contribution is 2.18. The number of aromatic nitrogens is 1. The third-order valence-electron chi connectivity index (χ3n) is 4.42. The number of benzene rings is 1. The molecule has 1 heterocycles. The molecule has 1 aromatic heterocycles. The maximum atomic E-state index is 12.6. The zero-order valence-corrected chi connectivity index (χ0v) is 16.9. The summed E-state index contributed by atoms with van der Waals surface area (Å²) in [6, 6.07) is 9.16. The van der Waals surface area contributed by atoms with E-state index >= 15 is 0 Å². The van der Waals surface area contributed by atoms with Gasteiger partial charge >= 0.3 is 0 Å². The molecule has 0 saturated heterocycles. The second kappa shape index (κ2) is 11.1. The van der Waals surface area contributed by atoms with Crippen molar-refractivity contribution >= 4 is 23.1 Å². The van der Waals surface area contributed by atoms with Crippen LogP contribution in [-0.2, 0) is 18.3 Å². The van der Waals surface area contributed by atoms with Gasteiger partial charge in [-0.25, -0.2) is 0 Å². The van der Waals surface area contributed by atoms with Crippen molar-refractivity contribution in [3.05, 3.63) is 47.8 Å². The molecular formula is C21H29N5O2. The maximum absolute atomic E-state index is 12.6. The molecule has 28 heavy (non-hydrogen) atoms. The number of aryl methyl sites for hydroxylation is 1. The summed E-state index contributed by atoms with van der Waals surface area (Å²) in [5.74, 6) is -0.0188. The lowest BCUT2D eigenvalue weighted by Crippen LogP contribution is -2.11. The number of Topliss-reactive ketones (excluding diaryl/α,β-unsaturated/α-hetero) is 1. The van der Waals surface area contributed by atoms with Crippen molar-refractivity contribution in [1.82, 2.24) is 9.88 Å². The largest absolute Gasteiger partial charge is 0.346 e. The van der Waals surface area contributed by atoms with Gasteiger partial charge in [-0.15, -0.1) is 0 Å². The van der Waals surface area contributed by atoms with E-state index in [0.29, 0.717) is 24.2 Å². The fourth-order valence-electron chi connectivity index (χ4n) is 2.97. The number of nitrogens with one attached hydrogen (secondary N) is 2. The summed E-state index contributed by atoms with van der Waals surface area (Å²) in [5.41, 5.74) is 2.90. The Labute approximate surface area is 166 Å². The SMILES string of the molecule is CN=Nc1ccc(CC(=O)c2cc(NC(=O)CCCCCNC)cn2C)cc1. The number of carbonyl (C=O) groups excluding carboxylic acids is 2. The van der Waals surface area contributed by atoms with E-state index in [-0.39, 0.29) is 11.7 Å². The molecule has 7 heteroatoms.